The van der Waals surface area contributed by atoms with Crippen LogP contribution in [-0.2, 0) is 0 Å². The van der Waals surface area contributed by atoms with Gasteiger partial charge >= 0.3 is 0 Å². The van der Waals surface area contributed by atoms with Crippen LogP contribution in [0.25, 0.3) is 0 Å². The lowest BCUT2D eigenvalue weighted by atomic mass is 10.1. The van der Waals surface area contributed by atoms with Crippen LogP contribution in [0.3, 0.4) is 0 Å². The Hall–Kier alpha value is -1.58. The van der Waals surface area contributed by atoms with Crippen molar-refractivity contribution in [2.24, 2.45) is 5.92 Å². The molecule has 1 aromatic carbocycles. The largest absolute Gasteiger partial charge is 0.385 e. The maximum Gasteiger partial charge on any atom is 0.272 e. The van der Waals surface area contributed by atoms with Crippen molar-refractivity contribution in [1.82, 2.24) is 0 Å². The Morgan fingerprint density at radius 3 is 2.65 bits per heavy atom. The van der Waals surface area contributed by atoms with Gasteiger partial charge in [-0.15, -0.1) is 0 Å². The summed E-state index contributed by atoms with van der Waals surface area (Å²) in [5.41, 5.74) is 1.83. The number of nitro benzene ring substituents is 1. The Kier molecular flexibility index (Phi) is 4.94. The van der Waals surface area contributed by atoms with E-state index in [4.69, 9.17) is 0 Å². The Morgan fingerprint density at radius 1 is 1.41 bits per heavy atom. The summed E-state index contributed by atoms with van der Waals surface area (Å²) in [6.07, 6.45) is 2.31. The summed E-state index contributed by atoms with van der Waals surface area (Å²) in [6.45, 7) is 7.08. The molecular weight excluding hydrogens is 216 g/mol. The molecule has 0 fully saturated rings. The van der Waals surface area contributed by atoms with E-state index in [1.807, 2.05) is 6.07 Å². The number of anilines is 1. The minimum absolute atomic E-state index is 0.178. The lowest BCUT2D eigenvalue weighted by molar-refractivity contribution is -0.385. The van der Waals surface area contributed by atoms with Crippen LogP contribution in [-0.4, -0.2) is 11.5 Å². The highest BCUT2D eigenvalue weighted by molar-refractivity contribution is 5.53. The first-order valence-corrected chi connectivity index (χ1v) is 5.99. The maximum atomic E-state index is 10.7. The fourth-order valence-electron chi connectivity index (χ4n) is 1.71. The van der Waals surface area contributed by atoms with Crippen molar-refractivity contribution >= 4 is 11.4 Å². The molecule has 94 valence electrons. The number of nitrogens with one attached hydrogen (secondary N) is 1. The first kappa shape index (κ1) is 13.5. The van der Waals surface area contributed by atoms with Gasteiger partial charge in [0, 0.05) is 23.9 Å². The Balaban J connectivity index is 2.50. The molecular formula is C13H20N2O2. The number of hydrogen-bond donors (Lipinski definition) is 1. The maximum absolute atomic E-state index is 10.7. The minimum Gasteiger partial charge on any atom is -0.385 e. The van der Waals surface area contributed by atoms with Crippen LogP contribution >= 0.6 is 0 Å². The van der Waals surface area contributed by atoms with Crippen LogP contribution in [0, 0.1) is 23.0 Å². The molecule has 1 aromatic rings. The number of aryl methyl sites for hydroxylation is 1. The number of rotatable bonds is 6. The van der Waals surface area contributed by atoms with Crippen molar-refractivity contribution in [3.63, 3.8) is 0 Å². The van der Waals surface area contributed by atoms with Gasteiger partial charge in [0.1, 0.15) is 0 Å². The molecule has 0 aliphatic heterocycles. The third-order valence-electron chi connectivity index (χ3n) is 2.68. The van der Waals surface area contributed by atoms with Crippen molar-refractivity contribution in [1.29, 1.82) is 0 Å². The first-order chi connectivity index (χ1) is 8.00. The highest BCUT2D eigenvalue weighted by Gasteiger charge is 2.09. The van der Waals surface area contributed by atoms with E-state index in [-0.39, 0.29) is 10.6 Å². The molecule has 4 nitrogen and oxygen atoms in total. The number of nitrogens with zero attached hydrogens (tertiary/aromatic N) is 1. The Labute approximate surface area is 102 Å². The number of nitro groups is 1. The van der Waals surface area contributed by atoms with Gasteiger partial charge in [0.25, 0.3) is 5.69 Å². The second kappa shape index (κ2) is 6.23. The summed E-state index contributed by atoms with van der Waals surface area (Å²) in [6, 6.07) is 5.15. The molecule has 0 atom stereocenters. The van der Waals surface area contributed by atoms with Crippen LogP contribution in [0.2, 0.25) is 0 Å². The molecule has 0 amide bonds. The summed E-state index contributed by atoms with van der Waals surface area (Å²) in [5.74, 6) is 0.718. The molecule has 4 heteroatoms. The highest BCUT2D eigenvalue weighted by atomic mass is 16.6. The third-order valence-corrected chi connectivity index (χ3v) is 2.68. The molecule has 0 bridgehead atoms. The lowest BCUT2D eigenvalue weighted by Gasteiger charge is -2.08. The zero-order chi connectivity index (χ0) is 12.8. The van der Waals surface area contributed by atoms with Gasteiger partial charge in [-0.1, -0.05) is 13.8 Å². The number of hydrogen-bond acceptors (Lipinski definition) is 3. The fourth-order valence-corrected chi connectivity index (χ4v) is 1.71. The van der Waals surface area contributed by atoms with Crippen molar-refractivity contribution < 1.29 is 4.92 Å². The van der Waals surface area contributed by atoms with Crippen molar-refractivity contribution in [3.05, 3.63) is 33.9 Å². The summed E-state index contributed by atoms with van der Waals surface area (Å²) in [5, 5.41) is 13.9. The van der Waals surface area contributed by atoms with E-state index < -0.39 is 0 Å². The van der Waals surface area contributed by atoms with Gasteiger partial charge in [0.05, 0.1) is 4.92 Å². The fraction of sp³-hybridized carbons (Fsp3) is 0.538. The van der Waals surface area contributed by atoms with Crippen LogP contribution in [0.5, 0.6) is 0 Å². The molecule has 17 heavy (non-hydrogen) atoms. The van der Waals surface area contributed by atoms with E-state index in [1.54, 1.807) is 19.1 Å². The molecule has 0 aliphatic rings. The molecule has 1 N–H and O–H groups in total. The monoisotopic (exact) mass is 236 g/mol. The normalized spacial score (nSPS) is 10.6. The minimum atomic E-state index is -0.349. The quantitative estimate of drug-likeness (QED) is 0.465. The summed E-state index contributed by atoms with van der Waals surface area (Å²) in [4.78, 5) is 10.3. The summed E-state index contributed by atoms with van der Waals surface area (Å²) in [7, 11) is 0. The van der Waals surface area contributed by atoms with Crippen molar-refractivity contribution in [3.8, 4) is 0 Å². The zero-order valence-corrected chi connectivity index (χ0v) is 10.7. The zero-order valence-electron chi connectivity index (χ0n) is 10.7. The molecule has 0 radical (unpaired) electrons. The Bertz CT molecular complexity index is 389. The van der Waals surface area contributed by atoms with E-state index in [1.165, 1.54) is 6.42 Å². The first-order valence-electron chi connectivity index (χ1n) is 5.99. The molecule has 0 aromatic heterocycles. The van der Waals surface area contributed by atoms with Gasteiger partial charge in [-0.05, 0) is 37.8 Å². The van der Waals surface area contributed by atoms with Crippen molar-refractivity contribution in [2.45, 2.75) is 33.6 Å². The van der Waals surface area contributed by atoms with Gasteiger partial charge in [-0.3, -0.25) is 10.1 Å². The smallest absolute Gasteiger partial charge is 0.272 e. The second-order valence-corrected chi connectivity index (χ2v) is 4.72. The van der Waals surface area contributed by atoms with E-state index in [9.17, 15) is 10.1 Å². The Morgan fingerprint density at radius 2 is 2.12 bits per heavy atom. The second-order valence-electron chi connectivity index (χ2n) is 4.72. The molecule has 1 rings (SSSR count). The highest BCUT2D eigenvalue weighted by Crippen LogP contribution is 2.21. The molecule has 0 saturated heterocycles. The van der Waals surface area contributed by atoms with Gasteiger partial charge in [-0.2, -0.15) is 0 Å². The van der Waals surface area contributed by atoms with Crippen LogP contribution < -0.4 is 5.32 Å². The van der Waals surface area contributed by atoms with Crippen LogP contribution in [0.1, 0.15) is 32.3 Å². The average Bonchev–Trinajstić information content (AvgIpc) is 2.23. The van der Waals surface area contributed by atoms with Gasteiger partial charge in [0.15, 0.2) is 0 Å². The van der Waals surface area contributed by atoms with Gasteiger partial charge < -0.3 is 5.32 Å². The van der Waals surface area contributed by atoms with E-state index >= 15 is 0 Å². The van der Waals surface area contributed by atoms with E-state index in [0.717, 1.165) is 24.6 Å². The van der Waals surface area contributed by atoms with E-state index in [2.05, 4.69) is 19.2 Å². The summed E-state index contributed by atoms with van der Waals surface area (Å²) >= 11 is 0. The van der Waals surface area contributed by atoms with Crippen LogP contribution in [0.4, 0.5) is 11.4 Å². The SMILES string of the molecule is Cc1cc(NCCCC(C)C)ccc1[N+](=O)[O-]. The molecule has 0 heterocycles. The lowest BCUT2D eigenvalue weighted by Crippen LogP contribution is -2.03. The third kappa shape index (κ3) is 4.43. The van der Waals surface area contributed by atoms with Gasteiger partial charge in [-0.25, -0.2) is 0 Å². The van der Waals surface area contributed by atoms with E-state index in [0.29, 0.717) is 5.56 Å². The average molecular weight is 236 g/mol. The molecule has 0 saturated carbocycles. The van der Waals surface area contributed by atoms with Crippen LogP contribution in [0.15, 0.2) is 18.2 Å². The molecule has 0 unspecified atom stereocenters. The predicted molar refractivity (Wildman–Crippen MR) is 70.4 cm³/mol. The molecule has 0 aliphatic carbocycles. The standard InChI is InChI=1S/C13H20N2O2/c1-10(2)5-4-8-14-12-6-7-13(15(16)17)11(3)9-12/h6-7,9-10,14H,4-5,8H2,1-3H3. The number of benzene rings is 1. The molecule has 0 spiro atoms. The topological polar surface area (TPSA) is 55.2 Å². The summed E-state index contributed by atoms with van der Waals surface area (Å²) < 4.78 is 0. The van der Waals surface area contributed by atoms with Gasteiger partial charge in [0.2, 0.25) is 0 Å². The predicted octanol–water partition coefficient (Wildman–Crippen LogP) is 3.75. The van der Waals surface area contributed by atoms with Crippen molar-refractivity contribution in [2.75, 3.05) is 11.9 Å².